The molecule has 2 fully saturated rings. The molecule has 0 spiro atoms. The number of fused-ring (bicyclic) bond motifs is 1. The smallest absolute Gasteiger partial charge is 0.178 e. The van der Waals surface area contributed by atoms with Gasteiger partial charge >= 0.3 is 0 Å². The minimum absolute atomic E-state index is 0.254. The van der Waals surface area contributed by atoms with Crippen molar-refractivity contribution in [3.05, 3.63) is 24.0 Å². The van der Waals surface area contributed by atoms with Crippen molar-refractivity contribution in [1.29, 1.82) is 0 Å². The molecule has 3 heterocycles. The Morgan fingerprint density at radius 3 is 3.00 bits per heavy atom. The van der Waals surface area contributed by atoms with Gasteiger partial charge < -0.3 is 4.57 Å². The first-order valence-electron chi connectivity index (χ1n) is 7.34. The van der Waals surface area contributed by atoms with E-state index < -0.39 is 0 Å². The maximum Gasteiger partial charge on any atom is 0.178 e. The highest BCUT2D eigenvalue weighted by molar-refractivity contribution is 5.97. The van der Waals surface area contributed by atoms with Crippen LogP contribution in [0.2, 0.25) is 0 Å². The summed E-state index contributed by atoms with van der Waals surface area (Å²) in [6.07, 6.45) is 7.85. The SMILES string of the molecule is Cn1ccc(C(=O)CN2CCN3CCCCC3C2)c1. The number of piperazine rings is 1. The molecule has 4 nitrogen and oxygen atoms in total. The first kappa shape index (κ1) is 12.9. The minimum atomic E-state index is 0.254. The zero-order chi connectivity index (χ0) is 13.2. The van der Waals surface area contributed by atoms with Crippen molar-refractivity contribution in [2.24, 2.45) is 7.05 Å². The molecule has 2 saturated heterocycles. The van der Waals surface area contributed by atoms with Crippen LogP contribution in [0.1, 0.15) is 29.6 Å². The van der Waals surface area contributed by atoms with Gasteiger partial charge in [-0.1, -0.05) is 6.42 Å². The van der Waals surface area contributed by atoms with Gasteiger partial charge in [0.2, 0.25) is 0 Å². The average molecular weight is 261 g/mol. The molecular weight excluding hydrogens is 238 g/mol. The molecule has 0 bridgehead atoms. The first-order valence-corrected chi connectivity index (χ1v) is 7.34. The van der Waals surface area contributed by atoms with E-state index in [0.717, 1.165) is 25.2 Å². The number of nitrogens with zero attached hydrogens (tertiary/aromatic N) is 3. The number of piperidine rings is 1. The summed E-state index contributed by atoms with van der Waals surface area (Å²) in [5.41, 5.74) is 0.841. The lowest BCUT2D eigenvalue weighted by atomic mass is 9.99. The lowest BCUT2D eigenvalue weighted by molar-refractivity contribution is 0.0469. The monoisotopic (exact) mass is 261 g/mol. The zero-order valence-electron chi connectivity index (χ0n) is 11.7. The number of aromatic nitrogens is 1. The van der Waals surface area contributed by atoms with E-state index in [1.807, 2.05) is 30.1 Å². The van der Waals surface area contributed by atoms with Crippen LogP contribution < -0.4 is 0 Å². The first-order chi connectivity index (χ1) is 9.22. The Bertz CT molecular complexity index is 454. The van der Waals surface area contributed by atoms with Gasteiger partial charge in [0.15, 0.2) is 5.78 Å². The molecule has 2 aliphatic rings. The highest BCUT2D eigenvalue weighted by Gasteiger charge is 2.29. The van der Waals surface area contributed by atoms with Gasteiger partial charge in [-0.3, -0.25) is 14.6 Å². The Kier molecular flexibility index (Phi) is 3.71. The molecule has 0 saturated carbocycles. The van der Waals surface area contributed by atoms with E-state index in [-0.39, 0.29) is 5.78 Å². The van der Waals surface area contributed by atoms with Crippen LogP contribution >= 0.6 is 0 Å². The third-order valence-electron chi connectivity index (χ3n) is 4.44. The molecule has 104 valence electrons. The standard InChI is InChI=1S/C15H23N3O/c1-16-7-5-13(10-16)15(19)12-17-8-9-18-6-3-2-4-14(18)11-17/h5,7,10,14H,2-4,6,8-9,11-12H2,1H3. The van der Waals surface area contributed by atoms with E-state index in [9.17, 15) is 4.79 Å². The van der Waals surface area contributed by atoms with Crippen molar-refractivity contribution in [3.8, 4) is 0 Å². The summed E-state index contributed by atoms with van der Waals surface area (Å²) in [5, 5.41) is 0. The second kappa shape index (κ2) is 5.47. The predicted octanol–water partition coefficient (Wildman–Crippen LogP) is 1.38. The number of ketones is 1. The molecule has 1 aromatic rings. The average Bonchev–Trinajstić information content (AvgIpc) is 2.85. The minimum Gasteiger partial charge on any atom is -0.357 e. The van der Waals surface area contributed by atoms with Crippen LogP contribution in [-0.2, 0) is 7.05 Å². The summed E-state index contributed by atoms with van der Waals surface area (Å²) in [6.45, 7) is 5.07. The largest absolute Gasteiger partial charge is 0.357 e. The number of rotatable bonds is 3. The fourth-order valence-electron chi connectivity index (χ4n) is 3.33. The summed E-state index contributed by atoms with van der Waals surface area (Å²) in [6, 6.07) is 2.60. The van der Waals surface area contributed by atoms with E-state index in [4.69, 9.17) is 0 Å². The van der Waals surface area contributed by atoms with Crippen LogP contribution in [0.3, 0.4) is 0 Å². The molecule has 1 unspecified atom stereocenters. The Labute approximate surface area is 115 Å². The summed E-state index contributed by atoms with van der Waals surface area (Å²) >= 11 is 0. The molecule has 1 aromatic heterocycles. The van der Waals surface area contributed by atoms with E-state index in [1.54, 1.807) is 0 Å². The normalized spacial score (nSPS) is 25.2. The van der Waals surface area contributed by atoms with E-state index in [2.05, 4.69) is 9.80 Å². The number of hydrogen-bond acceptors (Lipinski definition) is 3. The quantitative estimate of drug-likeness (QED) is 0.770. The van der Waals surface area contributed by atoms with Crippen LogP contribution in [0.15, 0.2) is 18.5 Å². The fourth-order valence-corrected chi connectivity index (χ4v) is 3.33. The summed E-state index contributed by atoms with van der Waals surface area (Å²) < 4.78 is 1.94. The maximum absolute atomic E-state index is 12.2. The highest BCUT2D eigenvalue weighted by Crippen LogP contribution is 2.21. The van der Waals surface area contributed by atoms with E-state index in [0.29, 0.717) is 12.6 Å². The molecular formula is C15H23N3O. The summed E-state index contributed by atoms with van der Waals surface area (Å²) in [5.74, 6) is 0.254. The van der Waals surface area contributed by atoms with Gasteiger partial charge in [0.1, 0.15) is 0 Å². The van der Waals surface area contributed by atoms with Crippen molar-refractivity contribution in [2.75, 3.05) is 32.7 Å². The number of hydrogen-bond donors (Lipinski definition) is 0. The van der Waals surface area contributed by atoms with Crippen LogP contribution in [0.25, 0.3) is 0 Å². The topological polar surface area (TPSA) is 28.5 Å². The van der Waals surface area contributed by atoms with Gasteiger partial charge in [-0.25, -0.2) is 0 Å². The van der Waals surface area contributed by atoms with Crippen LogP contribution in [0.5, 0.6) is 0 Å². The molecule has 0 aromatic carbocycles. The molecule has 0 radical (unpaired) electrons. The molecule has 19 heavy (non-hydrogen) atoms. The van der Waals surface area contributed by atoms with Crippen molar-refractivity contribution in [3.63, 3.8) is 0 Å². The molecule has 0 aliphatic carbocycles. The van der Waals surface area contributed by atoms with Gasteiger partial charge in [-0.15, -0.1) is 0 Å². The number of carbonyl (C=O) groups excluding carboxylic acids is 1. The van der Waals surface area contributed by atoms with Gasteiger partial charge in [0.05, 0.1) is 6.54 Å². The molecule has 3 rings (SSSR count). The van der Waals surface area contributed by atoms with Gasteiger partial charge in [-0.2, -0.15) is 0 Å². The molecule has 2 aliphatic heterocycles. The van der Waals surface area contributed by atoms with Gasteiger partial charge in [0.25, 0.3) is 0 Å². The predicted molar refractivity (Wildman–Crippen MR) is 75.4 cm³/mol. The third kappa shape index (κ3) is 2.90. The van der Waals surface area contributed by atoms with E-state index in [1.165, 1.54) is 25.8 Å². The van der Waals surface area contributed by atoms with E-state index >= 15 is 0 Å². The van der Waals surface area contributed by atoms with Gasteiger partial charge in [0, 0.05) is 50.7 Å². The van der Waals surface area contributed by atoms with Crippen molar-refractivity contribution < 1.29 is 4.79 Å². The second-order valence-electron chi connectivity index (χ2n) is 5.91. The Hall–Kier alpha value is -1.13. The van der Waals surface area contributed by atoms with Crippen LogP contribution in [0.4, 0.5) is 0 Å². The maximum atomic E-state index is 12.2. The van der Waals surface area contributed by atoms with Crippen LogP contribution in [-0.4, -0.2) is 58.9 Å². The Balaban J connectivity index is 1.57. The highest BCUT2D eigenvalue weighted by atomic mass is 16.1. The molecule has 1 atom stereocenters. The van der Waals surface area contributed by atoms with Crippen LogP contribution in [0, 0.1) is 0 Å². The second-order valence-corrected chi connectivity index (χ2v) is 5.91. The number of aryl methyl sites for hydroxylation is 1. The van der Waals surface area contributed by atoms with Crippen molar-refractivity contribution in [2.45, 2.75) is 25.3 Å². The summed E-state index contributed by atoms with van der Waals surface area (Å²) in [7, 11) is 1.96. The van der Waals surface area contributed by atoms with Crippen molar-refractivity contribution >= 4 is 5.78 Å². The molecule has 4 heteroatoms. The lowest BCUT2D eigenvalue weighted by Gasteiger charge is -2.43. The number of Topliss-reactive ketones (excluding diaryl/α,β-unsaturated/α-hetero) is 1. The van der Waals surface area contributed by atoms with Crippen molar-refractivity contribution in [1.82, 2.24) is 14.4 Å². The lowest BCUT2D eigenvalue weighted by Crippen LogP contribution is -2.55. The van der Waals surface area contributed by atoms with Gasteiger partial charge in [-0.05, 0) is 25.5 Å². The Morgan fingerprint density at radius 2 is 2.21 bits per heavy atom. The number of carbonyl (C=O) groups is 1. The Morgan fingerprint density at radius 1 is 1.32 bits per heavy atom. The molecule has 0 N–H and O–H groups in total. The summed E-state index contributed by atoms with van der Waals surface area (Å²) in [4.78, 5) is 17.2. The fraction of sp³-hybridized carbons (Fsp3) is 0.667. The third-order valence-corrected chi connectivity index (χ3v) is 4.44. The zero-order valence-corrected chi connectivity index (χ0v) is 11.7. The molecule has 0 amide bonds.